The molecule has 0 saturated carbocycles. The van der Waals surface area contributed by atoms with Crippen LogP contribution < -0.4 is 10.6 Å². The fraction of sp³-hybridized carbons (Fsp3) is 0.542. The minimum atomic E-state index is -0.648. The van der Waals surface area contributed by atoms with E-state index in [-0.39, 0.29) is 30.3 Å². The van der Waals surface area contributed by atoms with Crippen LogP contribution in [0.15, 0.2) is 35.5 Å². The summed E-state index contributed by atoms with van der Waals surface area (Å²) < 4.78 is 0. The van der Waals surface area contributed by atoms with Gasteiger partial charge in [0, 0.05) is 18.1 Å². The summed E-state index contributed by atoms with van der Waals surface area (Å²) in [4.78, 5) is 42.9. The Labute approximate surface area is 195 Å². The topological polar surface area (TPSA) is 81.8 Å². The number of hydrogen-bond acceptors (Lipinski definition) is 3. The van der Waals surface area contributed by atoms with Gasteiger partial charge in [-0.2, -0.15) is 0 Å². The van der Waals surface area contributed by atoms with Gasteiger partial charge in [-0.05, 0) is 36.8 Å². The number of nitrogens with one attached hydrogen (secondary N) is 2. The smallest absolute Gasteiger partial charge is 0.322 e. The Morgan fingerprint density at radius 1 is 1.19 bits per heavy atom. The molecule has 0 spiro atoms. The van der Waals surface area contributed by atoms with Gasteiger partial charge in [-0.15, -0.1) is 0 Å². The summed E-state index contributed by atoms with van der Waals surface area (Å²) >= 11 is 6.43. The van der Waals surface area contributed by atoms with Gasteiger partial charge in [0.15, 0.2) is 0 Å². The first kappa shape index (κ1) is 24.1. The van der Waals surface area contributed by atoms with Crippen LogP contribution in [0.5, 0.6) is 0 Å². The number of amides is 4. The van der Waals surface area contributed by atoms with Crippen LogP contribution in [-0.2, 0) is 9.59 Å². The highest BCUT2D eigenvalue weighted by Gasteiger charge is 2.47. The van der Waals surface area contributed by atoms with Crippen molar-refractivity contribution in [1.82, 2.24) is 20.4 Å². The van der Waals surface area contributed by atoms with Gasteiger partial charge in [-0.3, -0.25) is 14.5 Å². The summed E-state index contributed by atoms with van der Waals surface area (Å²) in [5.74, 6) is 0.142. The molecule has 0 bridgehead atoms. The maximum absolute atomic E-state index is 13.7. The van der Waals surface area contributed by atoms with Gasteiger partial charge in [0.1, 0.15) is 6.04 Å². The Balaban J connectivity index is 1.99. The second-order valence-corrected chi connectivity index (χ2v) is 9.63. The lowest BCUT2D eigenvalue weighted by Gasteiger charge is -2.33. The van der Waals surface area contributed by atoms with E-state index in [1.807, 2.05) is 52.8 Å². The first-order chi connectivity index (χ1) is 15.1. The molecule has 2 atom stereocenters. The van der Waals surface area contributed by atoms with Gasteiger partial charge >= 0.3 is 6.03 Å². The minimum absolute atomic E-state index is 0.155. The molecule has 1 aromatic carbocycles. The number of nitrogens with zero attached hydrogens (tertiary/aromatic N) is 2. The molecule has 2 aliphatic heterocycles. The quantitative estimate of drug-likeness (QED) is 0.620. The fourth-order valence-electron chi connectivity index (χ4n) is 4.29. The van der Waals surface area contributed by atoms with E-state index in [1.165, 1.54) is 0 Å². The van der Waals surface area contributed by atoms with Crippen molar-refractivity contribution >= 4 is 29.4 Å². The van der Waals surface area contributed by atoms with Crippen LogP contribution >= 0.6 is 11.6 Å². The van der Waals surface area contributed by atoms with Crippen molar-refractivity contribution in [3.63, 3.8) is 0 Å². The third-order valence-electron chi connectivity index (χ3n) is 5.84. The minimum Gasteiger partial charge on any atom is -0.354 e. The molecule has 3 rings (SSSR count). The molecule has 0 saturated heterocycles. The molecule has 2 heterocycles. The predicted molar refractivity (Wildman–Crippen MR) is 125 cm³/mol. The lowest BCUT2D eigenvalue weighted by molar-refractivity contribution is -0.137. The highest BCUT2D eigenvalue weighted by atomic mass is 35.5. The molecule has 7 nitrogen and oxygen atoms in total. The fourth-order valence-corrected chi connectivity index (χ4v) is 4.53. The summed E-state index contributed by atoms with van der Waals surface area (Å²) in [5.41, 5.74) is 1.81. The van der Waals surface area contributed by atoms with Gasteiger partial charge in [0.05, 0.1) is 23.9 Å². The number of halogens is 1. The van der Waals surface area contributed by atoms with E-state index >= 15 is 0 Å². The first-order valence-corrected chi connectivity index (χ1v) is 11.7. The maximum Gasteiger partial charge on any atom is 0.322 e. The van der Waals surface area contributed by atoms with Gasteiger partial charge in [-0.25, -0.2) is 4.79 Å². The second-order valence-electron chi connectivity index (χ2n) is 9.23. The Kier molecular flexibility index (Phi) is 7.49. The van der Waals surface area contributed by atoms with Gasteiger partial charge in [0.2, 0.25) is 5.91 Å². The molecule has 1 aromatic rings. The Morgan fingerprint density at radius 3 is 2.47 bits per heavy atom. The van der Waals surface area contributed by atoms with Crippen LogP contribution in [0.2, 0.25) is 5.02 Å². The number of benzene rings is 1. The lowest BCUT2D eigenvalue weighted by atomic mass is 9.95. The molecule has 2 N–H and O–H groups in total. The van der Waals surface area contributed by atoms with Gasteiger partial charge in [0.25, 0.3) is 5.91 Å². The molecule has 32 heavy (non-hydrogen) atoms. The monoisotopic (exact) mass is 460 g/mol. The number of rotatable bonds is 8. The Hall–Kier alpha value is -2.54. The molecular weight excluding hydrogens is 428 g/mol. The van der Waals surface area contributed by atoms with E-state index in [0.29, 0.717) is 47.3 Å². The number of likely N-dealkylation sites (N-methyl/N-ethyl adjacent to an activating group) is 1. The average molecular weight is 461 g/mol. The molecule has 2 aliphatic rings. The maximum atomic E-state index is 13.7. The number of carbonyl (C=O) groups excluding carboxylic acids is 3. The van der Waals surface area contributed by atoms with Crippen molar-refractivity contribution in [2.24, 2.45) is 11.8 Å². The van der Waals surface area contributed by atoms with E-state index in [2.05, 4.69) is 10.6 Å². The van der Waals surface area contributed by atoms with E-state index in [0.717, 1.165) is 0 Å². The summed E-state index contributed by atoms with van der Waals surface area (Å²) in [6.45, 7) is 11.2. The predicted octanol–water partition coefficient (Wildman–Crippen LogP) is 3.71. The zero-order valence-corrected chi connectivity index (χ0v) is 20.2. The molecule has 8 heteroatoms. The van der Waals surface area contributed by atoms with Crippen LogP contribution in [0.3, 0.4) is 0 Å². The average Bonchev–Trinajstić information content (AvgIpc) is 3.07. The highest BCUT2D eigenvalue weighted by molar-refractivity contribution is 6.31. The normalized spacial score (nSPS) is 19.6. The van der Waals surface area contributed by atoms with Crippen molar-refractivity contribution in [2.75, 3.05) is 19.6 Å². The van der Waals surface area contributed by atoms with Crippen molar-refractivity contribution < 1.29 is 14.4 Å². The lowest BCUT2D eigenvalue weighted by Crippen LogP contribution is -2.50. The van der Waals surface area contributed by atoms with Gasteiger partial charge in [-0.1, -0.05) is 57.5 Å². The van der Waals surface area contributed by atoms with Crippen molar-refractivity contribution in [3.05, 3.63) is 46.1 Å². The van der Waals surface area contributed by atoms with Crippen molar-refractivity contribution in [2.45, 2.75) is 53.1 Å². The van der Waals surface area contributed by atoms with Crippen LogP contribution in [0, 0.1) is 11.8 Å². The Morgan fingerprint density at radius 2 is 1.88 bits per heavy atom. The number of carbonyl (C=O) groups is 3. The van der Waals surface area contributed by atoms with E-state index in [9.17, 15) is 14.4 Å². The largest absolute Gasteiger partial charge is 0.354 e. The van der Waals surface area contributed by atoms with Crippen LogP contribution in [-0.4, -0.2) is 53.3 Å². The summed E-state index contributed by atoms with van der Waals surface area (Å²) in [6, 6.07) is 5.68. The summed E-state index contributed by atoms with van der Waals surface area (Å²) in [5, 5.41) is 6.41. The van der Waals surface area contributed by atoms with Crippen LogP contribution in [0.1, 0.15) is 52.6 Å². The molecule has 0 aromatic heterocycles. The van der Waals surface area contributed by atoms with Crippen molar-refractivity contribution in [1.29, 1.82) is 0 Å². The van der Waals surface area contributed by atoms with E-state index in [1.54, 1.807) is 15.9 Å². The molecule has 0 radical (unpaired) electrons. The van der Waals surface area contributed by atoms with Crippen molar-refractivity contribution in [3.8, 4) is 0 Å². The standard InChI is InChI=1S/C24H33ClN4O3/c1-6-28-19-13-29(18(11-14(2)3)22(30)26-12-15(4)5)23(31)20(19)21(27-24(28)32)16-9-7-8-10-17(16)25/h7-10,14-15,18,21H,6,11-13H2,1-5H3,(H,26,30)(H,27,32)/t18-,21-/m1/s1. The number of urea groups is 1. The molecule has 0 unspecified atom stereocenters. The zero-order chi connectivity index (χ0) is 23.6. The first-order valence-electron chi connectivity index (χ1n) is 11.3. The van der Waals surface area contributed by atoms with E-state index in [4.69, 9.17) is 11.6 Å². The number of hydrogen-bond donors (Lipinski definition) is 2. The Bertz CT molecular complexity index is 928. The van der Waals surface area contributed by atoms with Gasteiger partial charge < -0.3 is 15.5 Å². The second kappa shape index (κ2) is 9.94. The molecule has 4 amide bonds. The third-order valence-corrected chi connectivity index (χ3v) is 6.18. The van der Waals surface area contributed by atoms with Crippen LogP contribution in [0.4, 0.5) is 4.79 Å². The molecule has 174 valence electrons. The highest BCUT2D eigenvalue weighted by Crippen LogP contribution is 2.39. The van der Waals surface area contributed by atoms with Crippen LogP contribution in [0.25, 0.3) is 0 Å². The summed E-state index contributed by atoms with van der Waals surface area (Å²) in [6.07, 6.45) is 0.542. The molecule has 0 fully saturated rings. The van der Waals surface area contributed by atoms with E-state index < -0.39 is 12.1 Å². The summed E-state index contributed by atoms with van der Waals surface area (Å²) in [7, 11) is 0. The molecular formula is C24H33ClN4O3. The third kappa shape index (κ3) is 4.77. The molecule has 0 aliphatic carbocycles. The zero-order valence-electron chi connectivity index (χ0n) is 19.4. The SMILES string of the molecule is CCN1C(=O)N[C@H](c2ccccc2Cl)C2=C1CN([C@H](CC(C)C)C(=O)NCC(C)C)C2=O.